The summed E-state index contributed by atoms with van der Waals surface area (Å²) in [6, 6.07) is 25.0. The molecule has 6 rings (SSSR count). The summed E-state index contributed by atoms with van der Waals surface area (Å²) in [7, 11) is 3.38. The van der Waals surface area contributed by atoms with Crippen LogP contribution in [-0.2, 0) is 20.0 Å². The Labute approximate surface area is 464 Å². The molecule has 6 heterocycles. The Kier molecular flexibility index (Phi) is 87.2. The number of aldehydes is 1. The van der Waals surface area contributed by atoms with E-state index in [-0.39, 0.29) is 59.5 Å². The number of amides is 1. The molecule has 0 aromatic carbocycles. The number of hydrogen-bond donors (Lipinski definition) is 0. The van der Waals surface area contributed by atoms with Gasteiger partial charge in [-0.3, -0.25) is 9.36 Å². The predicted octanol–water partition coefficient (Wildman–Crippen LogP) is 11.1. The molecule has 6 aromatic rings. The Hall–Kier alpha value is 2.37. The van der Waals surface area contributed by atoms with Crippen LogP contribution in [0.3, 0.4) is 0 Å². The normalized spacial score (nSPS) is 7.73. The van der Waals surface area contributed by atoms with Crippen LogP contribution in [0.5, 0.6) is 0 Å². The van der Waals surface area contributed by atoms with Crippen molar-refractivity contribution >= 4 is 221 Å². The average Bonchev–Trinajstić information content (AvgIpc) is 3.99. The van der Waals surface area contributed by atoms with Gasteiger partial charge in [0, 0.05) is 14.1 Å². The van der Waals surface area contributed by atoms with Gasteiger partial charge in [-0.15, -0.1) is 0 Å². The molecule has 0 N–H and O–H groups in total. The van der Waals surface area contributed by atoms with Gasteiger partial charge in [0.15, 0.2) is 0 Å². The average molecular weight is 1520 g/mol. The van der Waals surface area contributed by atoms with E-state index in [1.54, 1.807) is 14.1 Å². The van der Waals surface area contributed by atoms with Crippen LogP contribution in [0.2, 0.25) is 0 Å². The molecular formula is C40H61BrCl3KN3O3PSe8. The number of rotatable bonds is 5. The van der Waals surface area contributed by atoms with E-state index in [9.17, 15) is 14.2 Å². The molecule has 60 heavy (non-hydrogen) atoms. The Bertz CT molecular complexity index is 1660. The number of nitrogens with zero attached hydrogens (tertiary/aromatic N) is 3. The molecular weight excluding hydrogens is 1460 g/mol. The predicted molar refractivity (Wildman–Crippen MR) is 285 cm³/mol. The van der Waals surface area contributed by atoms with Crippen molar-refractivity contribution in [2.45, 2.75) is 69.1 Å². The Morgan fingerprint density at radius 2 is 1.05 bits per heavy atom. The third-order valence-electron chi connectivity index (χ3n) is 4.28. The molecule has 20 heteroatoms. The van der Waals surface area contributed by atoms with Gasteiger partial charge in [-0.05, 0) is 33.7 Å². The van der Waals surface area contributed by atoms with Gasteiger partial charge in [-0.2, -0.15) is 0 Å². The molecule has 0 radical (unpaired) electrons. The van der Waals surface area contributed by atoms with E-state index in [4.69, 9.17) is 10.5 Å². The Balaban J connectivity index is -0.0000000694. The quantitative estimate of drug-likeness (QED) is 0.0741. The molecule has 0 saturated heterocycles. The first-order valence-corrected chi connectivity index (χ1v) is 42.6. The summed E-state index contributed by atoms with van der Waals surface area (Å²) in [5.74, 6) is 0. The topological polar surface area (TPSA) is 102 Å². The molecule has 0 spiro atoms. The van der Waals surface area contributed by atoms with Crippen LogP contribution in [0.15, 0.2) is 107 Å². The van der Waals surface area contributed by atoms with Crippen molar-refractivity contribution in [3.8, 4) is 9.94 Å². The van der Waals surface area contributed by atoms with Crippen molar-refractivity contribution in [3.63, 3.8) is 0 Å². The number of carbonyl (C=O) groups excluding carboxylic acids is 2. The number of aryl methyl sites for hydroxylation is 2. The molecule has 6 nitrogen and oxygen atoms in total. The van der Waals surface area contributed by atoms with Crippen LogP contribution >= 0.6 is 54.9 Å². The second kappa shape index (κ2) is 63.5. The summed E-state index contributed by atoms with van der Waals surface area (Å²) in [4.78, 5) is 40.3. The summed E-state index contributed by atoms with van der Waals surface area (Å²) in [5, 5.41) is 14.8. The van der Waals surface area contributed by atoms with E-state index >= 15 is 0 Å². The van der Waals surface area contributed by atoms with Crippen molar-refractivity contribution in [1.29, 1.82) is 10.5 Å². The molecule has 0 bridgehead atoms. The zero-order chi connectivity index (χ0) is 41.3. The molecule has 1 amide bonds. The Morgan fingerprint density at radius 1 is 0.683 bits per heavy atom. The van der Waals surface area contributed by atoms with Crippen molar-refractivity contribution < 1.29 is 14.2 Å². The molecule has 0 aliphatic heterocycles. The fourth-order valence-corrected chi connectivity index (χ4v) is 11.7. The standard InChI is InChI=1S/C6H5NSe2.C5H5BrSe.C5H4OSe.2C5H6Se.C4H4Se.C3H7NO.CHNSe.6CH4.Cl3OP.K/c7-5-8-4-6-2-1-3-9-6;2*6-4-5-2-1-3-7-5;2*1-5-3-2-4-6-5;1-2-4-5-3-1;1-4(2)3-5;2-1-3;;;;;;;1-5(2,3)4;/h1-3H,4H2;1-3H,4H2;1-4H;2*2-4H,1H3;1-4H;3H,1-2H3;3H;6*1H4;;/q;;;;;;;;;;;;;;;+1/p-1. The maximum absolute atomic E-state index is 9.91. The first kappa shape index (κ1) is 82.5. The summed E-state index contributed by atoms with van der Waals surface area (Å²) in [6.45, 7) is 4.33. The van der Waals surface area contributed by atoms with E-state index in [0.717, 1.165) is 73.2 Å². The van der Waals surface area contributed by atoms with Gasteiger partial charge in [-0.25, -0.2) is 0 Å². The number of carbonyl (C=O) groups is 2. The van der Waals surface area contributed by atoms with Crippen molar-refractivity contribution in [2.24, 2.45) is 0 Å². The number of hydrogen-bond acceptors (Lipinski definition) is 5. The van der Waals surface area contributed by atoms with Crippen LogP contribution in [0, 0.1) is 34.3 Å². The zero-order valence-corrected chi connectivity index (χ0v) is 51.4. The third-order valence-corrected chi connectivity index (χ3v) is 19.8. The van der Waals surface area contributed by atoms with E-state index < -0.39 is 5.20 Å². The maximum atomic E-state index is 9.91. The summed E-state index contributed by atoms with van der Waals surface area (Å²) < 4.78 is 16.5. The van der Waals surface area contributed by atoms with E-state index in [1.165, 1.54) is 22.6 Å². The second-order valence-electron chi connectivity index (χ2n) is 8.81. The van der Waals surface area contributed by atoms with Crippen LogP contribution in [0.4, 0.5) is 0 Å². The number of halogens is 4. The van der Waals surface area contributed by atoms with Gasteiger partial charge in [0.25, 0.3) is 0 Å². The Morgan fingerprint density at radius 3 is 1.22 bits per heavy atom. The molecule has 0 aliphatic rings. The summed E-state index contributed by atoms with van der Waals surface area (Å²) in [5.41, 5.74) is 0.410. The van der Waals surface area contributed by atoms with Crippen molar-refractivity contribution in [1.82, 2.24) is 4.90 Å². The molecule has 0 saturated carbocycles. The van der Waals surface area contributed by atoms with Gasteiger partial charge in [-0.1, -0.05) is 44.6 Å². The van der Waals surface area contributed by atoms with Crippen molar-refractivity contribution in [3.05, 3.63) is 130 Å². The fraction of sp³-hybridized carbons (Fsp3) is 0.300. The minimum atomic E-state index is -3.22. The van der Waals surface area contributed by atoms with Crippen molar-refractivity contribution in [2.75, 3.05) is 14.1 Å². The van der Waals surface area contributed by atoms with Crippen LogP contribution in [0.1, 0.15) is 71.5 Å². The number of nitriles is 2. The minimum absolute atomic E-state index is 0. The molecule has 0 unspecified atom stereocenters. The van der Waals surface area contributed by atoms with Crippen LogP contribution < -0.4 is 0 Å². The number of alkyl halides is 1. The zero-order valence-electron chi connectivity index (χ0n) is 29.8. The van der Waals surface area contributed by atoms with E-state index in [2.05, 4.69) is 164 Å². The molecule has 0 fully saturated rings. The van der Waals surface area contributed by atoms with Crippen LogP contribution in [0.25, 0.3) is 0 Å². The summed E-state index contributed by atoms with van der Waals surface area (Å²) in [6.07, 6.45) is 1.67. The molecule has 336 valence electrons. The molecule has 6 aromatic heterocycles. The second-order valence-corrected chi connectivity index (χ2v) is 35.1. The van der Waals surface area contributed by atoms with Gasteiger partial charge < -0.3 is 4.90 Å². The fourth-order valence-electron chi connectivity index (χ4n) is 2.19. The molecule has 0 atom stereocenters. The SMILES string of the molecule is BrCc1ccc[se]1.C.C.C.C.C.C.CN(C)C=O.Cc1ccc[se]1.Cc1ccc[se]1.N#C[Se]Cc1ccc[se]1.N#C[Se][K].O=Cc1ccc[se]1.O=P(Cl)(Cl)Cl.c1cc[se]c1. The third kappa shape index (κ3) is 74.7. The monoisotopic (exact) mass is 1520 g/mol. The van der Waals surface area contributed by atoms with E-state index in [1.807, 2.05) is 17.1 Å². The van der Waals surface area contributed by atoms with Gasteiger partial charge in [0.2, 0.25) is 6.41 Å². The van der Waals surface area contributed by atoms with Gasteiger partial charge in [0.1, 0.15) is 0 Å². The first-order valence-electron chi connectivity index (χ1n) is 14.6. The van der Waals surface area contributed by atoms with E-state index in [0.29, 0.717) is 92.6 Å². The molecule has 0 aliphatic carbocycles. The van der Waals surface area contributed by atoms with Crippen LogP contribution in [-0.4, -0.2) is 185 Å². The van der Waals surface area contributed by atoms with Gasteiger partial charge >= 0.3 is 360 Å². The summed E-state index contributed by atoms with van der Waals surface area (Å²) >= 11 is 22.0. The van der Waals surface area contributed by atoms with Gasteiger partial charge in [0.05, 0.1) is 0 Å². The first-order chi connectivity index (χ1) is 25.8.